The molecule has 1 aromatic rings. The summed E-state index contributed by atoms with van der Waals surface area (Å²) in [5.41, 5.74) is 0.627. The molecule has 0 bridgehead atoms. The number of aliphatic hydroxyl groups excluding tert-OH is 1. The number of hydrogen-bond donors (Lipinski definition) is 1. The molecule has 1 aliphatic rings. The van der Waals surface area contributed by atoms with Crippen molar-refractivity contribution in [3.05, 3.63) is 35.9 Å². The van der Waals surface area contributed by atoms with Gasteiger partial charge in [-0.25, -0.2) is 0 Å². The Morgan fingerprint density at radius 3 is 2.53 bits per heavy atom. The summed E-state index contributed by atoms with van der Waals surface area (Å²) in [6, 6.07) is 8.70. The molecule has 1 unspecified atom stereocenters. The number of rotatable bonds is 4. The van der Waals surface area contributed by atoms with Crippen LogP contribution in [-0.2, 0) is 15.0 Å². The van der Waals surface area contributed by atoms with Gasteiger partial charge in [-0.05, 0) is 5.56 Å². The van der Waals surface area contributed by atoms with Crippen LogP contribution in [0.5, 0.6) is 0 Å². The summed E-state index contributed by atoms with van der Waals surface area (Å²) in [4.78, 5) is 12.8. The quantitative estimate of drug-likeness (QED) is 0.824. The largest absolute Gasteiger partial charge is 0.387 e. The maximum atomic E-state index is 12.8. The summed E-state index contributed by atoms with van der Waals surface area (Å²) in [6.07, 6.45) is -1.27. The number of nitrogens with zero attached hydrogens (tertiary/aromatic N) is 1. The van der Waals surface area contributed by atoms with Gasteiger partial charge in [0.1, 0.15) is 5.25 Å². The van der Waals surface area contributed by atoms with Gasteiger partial charge in [0.25, 0.3) is 0 Å². The van der Waals surface area contributed by atoms with Crippen molar-refractivity contribution >= 4 is 16.1 Å². The lowest BCUT2D eigenvalue weighted by molar-refractivity contribution is -0.128. The lowest BCUT2D eigenvalue weighted by atomic mass is 10.1. The second kappa shape index (κ2) is 5.26. The number of β-amino-alcohol motifs (C(OH)–C–C–N with tert-alkyl or cyclic N) is 1. The lowest BCUT2D eigenvalue weighted by Crippen LogP contribution is -2.31. The zero-order valence-electron chi connectivity index (χ0n) is 10.1. The minimum absolute atomic E-state index is 0.0329. The molecule has 0 aromatic heterocycles. The molecule has 0 radical (unpaired) electrons. The molecule has 1 heterocycles. The fourth-order valence-corrected chi connectivity index (χ4v) is 2.79. The van der Waals surface area contributed by atoms with Crippen LogP contribution >= 0.6 is 0 Å². The van der Waals surface area contributed by atoms with Gasteiger partial charge in [-0.1, -0.05) is 30.3 Å². The van der Waals surface area contributed by atoms with Gasteiger partial charge >= 0.3 is 10.2 Å². The zero-order chi connectivity index (χ0) is 14.0. The number of carbonyl (C=O) groups is 1. The van der Waals surface area contributed by atoms with Gasteiger partial charge < -0.3 is 10.0 Å². The number of halogens is 1. The molecule has 1 fully saturated rings. The Balaban J connectivity index is 2.03. The van der Waals surface area contributed by atoms with Gasteiger partial charge in [-0.15, -0.1) is 3.89 Å². The van der Waals surface area contributed by atoms with Crippen LogP contribution in [0.2, 0.25) is 0 Å². The van der Waals surface area contributed by atoms with Crippen LogP contribution in [0.15, 0.2) is 30.3 Å². The molecule has 2 rings (SSSR count). The fraction of sp³-hybridized carbons (Fsp3) is 0.417. The maximum absolute atomic E-state index is 12.8. The van der Waals surface area contributed by atoms with Gasteiger partial charge in [0.15, 0.2) is 0 Å². The highest BCUT2D eigenvalue weighted by atomic mass is 32.3. The molecule has 1 saturated heterocycles. The molecule has 1 N–H and O–H groups in total. The van der Waals surface area contributed by atoms with Crippen molar-refractivity contribution in [1.82, 2.24) is 4.90 Å². The molecule has 1 amide bonds. The summed E-state index contributed by atoms with van der Waals surface area (Å²) in [5, 5.41) is 8.63. The Morgan fingerprint density at radius 2 is 2.00 bits per heavy atom. The molecule has 0 spiro atoms. The van der Waals surface area contributed by atoms with E-state index in [1.165, 1.54) is 4.90 Å². The van der Waals surface area contributed by atoms with Gasteiger partial charge in [0.05, 0.1) is 12.6 Å². The fourth-order valence-electron chi connectivity index (χ4n) is 2.09. The van der Waals surface area contributed by atoms with Gasteiger partial charge in [-0.2, -0.15) is 8.42 Å². The van der Waals surface area contributed by atoms with E-state index in [-0.39, 0.29) is 19.5 Å². The predicted molar refractivity (Wildman–Crippen MR) is 66.4 cm³/mol. The van der Waals surface area contributed by atoms with Crippen molar-refractivity contribution in [3.63, 3.8) is 0 Å². The smallest absolute Gasteiger partial charge is 0.307 e. The lowest BCUT2D eigenvalue weighted by Gasteiger charge is -2.20. The second-order valence-electron chi connectivity index (χ2n) is 4.53. The standard InChI is InChI=1S/C12H14FNO4S/c13-19(17,18)10-6-12(16)14(7-10)8-11(15)9-4-2-1-3-5-9/h1-5,10-11,15H,6-8H2/t10?,11-/m1/s1. The van der Waals surface area contributed by atoms with Crippen molar-refractivity contribution in [1.29, 1.82) is 0 Å². The molecule has 5 nitrogen and oxygen atoms in total. The predicted octanol–water partition coefficient (Wildman–Crippen LogP) is 0.620. The van der Waals surface area contributed by atoms with Crippen molar-refractivity contribution < 1.29 is 22.2 Å². The second-order valence-corrected chi connectivity index (χ2v) is 6.14. The zero-order valence-corrected chi connectivity index (χ0v) is 10.9. The number of likely N-dealkylation sites (tertiary alicyclic amines) is 1. The van der Waals surface area contributed by atoms with Crippen LogP contribution in [0.1, 0.15) is 18.1 Å². The third-order valence-corrected chi connectivity index (χ3v) is 4.27. The van der Waals surface area contributed by atoms with Crippen LogP contribution in [-0.4, -0.2) is 42.7 Å². The Bertz CT molecular complexity index is 560. The van der Waals surface area contributed by atoms with E-state index >= 15 is 0 Å². The molecule has 7 heteroatoms. The van der Waals surface area contributed by atoms with Gasteiger partial charge in [0.2, 0.25) is 5.91 Å². The first kappa shape index (κ1) is 14.0. The maximum Gasteiger partial charge on any atom is 0.307 e. The molecule has 1 aliphatic heterocycles. The minimum Gasteiger partial charge on any atom is -0.387 e. The SMILES string of the molecule is O=C1CC(S(=O)(=O)F)CN1C[C@@H](O)c1ccccc1. The third-order valence-electron chi connectivity index (χ3n) is 3.15. The van der Waals surface area contributed by atoms with Crippen molar-refractivity contribution in [3.8, 4) is 0 Å². The molecule has 19 heavy (non-hydrogen) atoms. The van der Waals surface area contributed by atoms with Gasteiger partial charge in [0, 0.05) is 13.0 Å². The molecular formula is C12H14FNO4S. The number of amides is 1. The van der Waals surface area contributed by atoms with Crippen molar-refractivity contribution in [2.45, 2.75) is 17.8 Å². The minimum atomic E-state index is -4.71. The Kier molecular flexibility index (Phi) is 3.86. The van der Waals surface area contributed by atoms with Crippen LogP contribution in [0, 0.1) is 0 Å². The molecule has 2 atom stereocenters. The highest BCUT2D eigenvalue weighted by molar-refractivity contribution is 7.87. The number of aliphatic hydroxyl groups is 1. The van der Waals surface area contributed by atoms with Crippen LogP contribution in [0.4, 0.5) is 3.89 Å². The molecule has 0 aliphatic carbocycles. The van der Waals surface area contributed by atoms with E-state index in [2.05, 4.69) is 0 Å². The average molecular weight is 287 g/mol. The van der Waals surface area contributed by atoms with Crippen LogP contribution in [0.3, 0.4) is 0 Å². The summed E-state index contributed by atoms with van der Waals surface area (Å²) < 4.78 is 34.4. The van der Waals surface area contributed by atoms with E-state index < -0.39 is 27.5 Å². The van der Waals surface area contributed by atoms with E-state index in [1.54, 1.807) is 30.3 Å². The normalized spacial score (nSPS) is 21.7. The van der Waals surface area contributed by atoms with E-state index in [4.69, 9.17) is 0 Å². The highest BCUT2D eigenvalue weighted by Gasteiger charge is 2.38. The van der Waals surface area contributed by atoms with E-state index in [0.717, 1.165) is 0 Å². The first-order chi connectivity index (χ1) is 8.88. The number of hydrogen-bond acceptors (Lipinski definition) is 4. The highest BCUT2D eigenvalue weighted by Crippen LogP contribution is 2.22. The molecule has 1 aromatic carbocycles. The Morgan fingerprint density at radius 1 is 1.37 bits per heavy atom. The van der Waals surface area contributed by atoms with Crippen LogP contribution < -0.4 is 0 Å². The van der Waals surface area contributed by atoms with E-state index in [9.17, 15) is 22.2 Å². The first-order valence-electron chi connectivity index (χ1n) is 5.82. The third kappa shape index (κ3) is 3.30. The van der Waals surface area contributed by atoms with Gasteiger partial charge in [-0.3, -0.25) is 4.79 Å². The monoisotopic (exact) mass is 287 g/mol. The summed E-state index contributed by atoms with van der Waals surface area (Å²) in [7, 11) is -4.71. The summed E-state index contributed by atoms with van der Waals surface area (Å²) in [6.45, 7) is -0.240. The van der Waals surface area contributed by atoms with Crippen LogP contribution in [0.25, 0.3) is 0 Å². The topological polar surface area (TPSA) is 74.7 Å². The molecule has 104 valence electrons. The Hall–Kier alpha value is -1.47. The molecule has 0 saturated carbocycles. The first-order valence-corrected chi connectivity index (χ1v) is 7.27. The summed E-state index contributed by atoms with van der Waals surface area (Å²) >= 11 is 0. The average Bonchev–Trinajstić information content (AvgIpc) is 2.72. The number of carbonyl (C=O) groups excluding carboxylic acids is 1. The van der Waals surface area contributed by atoms with E-state index in [1.807, 2.05) is 0 Å². The number of benzene rings is 1. The van der Waals surface area contributed by atoms with E-state index in [0.29, 0.717) is 5.56 Å². The van der Waals surface area contributed by atoms with Crippen molar-refractivity contribution in [2.75, 3.05) is 13.1 Å². The summed E-state index contributed by atoms with van der Waals surface area (Å²) in [5.74, 6) is -0.457. The molecular weight excluding hydrogens is 273 g/mol. The Labute approximate surface area is 110 Å². The van der Waals surface area contributed by atoms with Crippen molar-refractivity contribution in [2.24, 2.45) is 0 Å².